The molecule has 2 rings (SSSR count). The maximum atomic E-state index is 8.31. The summed E-state index contributed by atoms with van der Waals surface area (Å²) in [4.78, 5) is 0. The van der Waals surface area contributed by atoms with E-state index >= 15 is 0 Å². The summed E-state index contributed by atoms with van der Waals surface area (Å²) in [7, 11) is 0. The highest BCUT2D eigenvalue weighted by molar-refractivity contribution is 6.70. The molecule has 0 fully saturated rings. The van der Waals surface area contributed by atoms with E-state index in [0.717, 1.165) is 0 Å². The van der Waals surface area contributed by atoms with E-state index in [1.165, 1.54) is 6.21 Å². The first kappa shape index (κ1) is 17.3. The summed E-state index contributed by atoms with van der Waals surface area (Å²) in [6.07, 6.45) is 1.29. The number of rotatable bonds is 2. The predicted octanol–water partition coefficient (Wildman–Crippen LogP) is 4.86. The first-order chi connectivity index (χ1) is 10.1. The average Bonchev–Trinajstić information content (AvgIpc) is 2.50. The van der Waals surface area contributed by atoms with Crippen LogP contribution in [0.4, 0.5) is 0 Å². The number of oxime groups is 2. The fraction of sp³-hybridized carbons (Fsp3) is 0. The van der Waals surface area contributed by atoms with Crippen LogP contribution in [-0.4, -0.2) is 21.8 Å². The third-order valence-electron chi connectivity index (χ3n) is 2.29. The van der Waals surface area contributed by atoms with Gasteiger partial charge in [0.05, 0.1) is 11.2 Å². The van der Waals surface area contributed by atoms with Crippen molar-refractivity contribution in [1.29, 1.82) is 0 Å². The van der Waals surface area contributed by atoms with Crippen molar-refractivity contribution >= 4 is 46.2 Å². The first-order valence-electron chi connectivity index (χ1n) is 5.64. The van der Waals surface area contributed by atoms with Crippen LogP contribution in [0.1, 0.15) is 11.1 Å². The smallest absolute Gasteiger partial charge is 0.176 e. The molecule has 0 amide bonds. The van der Waals surface area contributed by atoms with Crippen LogP contribution >= 0.6 is 34.8 Å². The van der Waals surface area contributed by atoms with Gasteiger partial charge in [0.2, 0.25) is 0 Å². The van der Waals surface area contributed by atoms with Gasteiger partial charge in [-0.15, -0.1) is 0 Å². The fourth-order valence-corrected chi connectivity index (χ4v) is 1.95. The van der Waals surface area contributed by atoms with Gasteiger partial charge in [-0.25, -0.2) is 0 Å². The fourth-order valence-electron chi connectivity index (χ4n) is 1.32. The summed E-state index contributed by atoms with van der Waals surface area (Å²) in [6, 6.07) is 14.0. The summed E-state index contributed by atoms with van der Waals surface area (Å²) >= 11 is 16.9. The Morgan fingerprint density at radius 1 is 0.905 bits per heavy atom. The van der Waals surface area contributed by atoms with Crippen molar-refractivity contribution in [1.82, 2.24) is 0 Å². The van der Waals surface area contributed by atoms with Gasteiger partial charge in [-0.1, -0.05) is 81.5 Å². The number of nitrogens with zero attached hydrogens (tertiary/aromatic N) is 2. The molecule has 0 aliphatic heterocycles. The Morgan fingerprint density at radius 3 is 2.00 bits per heavy atom. The first-order valence-corrected chi connectivity index (χ1v) is 6.78. The van der Waals surface area contributed by atoms with Gasteiger partial charge < -0.3 is 10.4 Å². The zero-order valence-electron chi connectivity index (χ0n) is 10.6. The minimum atomic E-state index is -0.00407. The van der Waals surface area contributed by atoms with Crippen molar-refractivity contribution in [3.63, 3.8) is 0 Å². The molecule has 0 aliphatic carbocycles. The number of halogens is 3. The van der Waals surface area contributed by atoms with Gasteiger partial charge in [0.1, 0.15) is 0 Å². The zero-order chi connectivity index (χ0) is 15.7. The second-order valence-corrected chi connectivity index (χ2v) is 4.81. The molecule has 0 bridgehead atoms. The normalized spacial score (nSPS) is 11.1. The van der Waals surface area contributed by atoms with Gasteiger partial charge in [-0.2, -0.15) is 0 Å². The molecule has 0 spiro atoms. The summed E-state index contributed by atoms with van der Waals surface area (Å²) < 4.78 is 0. The van der Waals surface area contributed by atoms with Crippen LogP contribution in [0, 0.1) is 0 Å². The van der Waals surface area contributed by atoms with Crippen molar-refractivity contribution < 1.29 is 10.4 Å². The Bertz CT molecular complexity index is 646. The van der Waals surface area contributed by atoms with Crippen LogP contribution in [0.5, 0.6) is 0 Å². The van der Waals surface area contributed by atoms with E-state index in [1.54, 1.807) is 36.4 Å². The molecule has 0 aliphatic rings. The molecule has 2 N–H and O–H groups in total. The van der Waals surface area contributed by atoms with Gasteiger partial charge in [-0.3, -0.25) is 0 Å². The average molecular weight is 346 g/mol. The maximum absolute atomic E-state index is 8.31. The van der Waals surface area contributed by atoms with Crippen molar-refractivity contribution in [2.24, 2.45) is 10.3 Å². The SMILES string of the molecule is O/N=C(\Cl)c1ccccc1Cl.O/N=C/c1ccccc1Cl. The minimum Gasteiger partial charge on any atom is -0.411 e. The maximum Gasteiger partial charge on any atom is 0.176 e. The van der Waals surface area contributed by atoms with Crippen LogP contribution in [0.25, 0.3) is 0 Å². The number of hydrogen-bond acceptors (Lipinski definition) is 4. The van der Waals surface area contributed by atoms with E-state index in [2.05, 4.69) is 10.3 Å². The molecule has 0 heterocycles. The molecule has 0 atom stereocenters. The number of hydrogen-bond donors (Lipinski definition) is 2. The lowest BCUT2D eigenvalue weighted by Crippen LogP contribution is -1.90. The van der Waals surface area contributed by atoms with Crippen LogP contribution in [-0.2, 0) is 0 Å². The molecule has 0 saturated carbocycles. The van der Waals surface area contributed by atoms with Gasteiger partial charge in [0.25, 0.3) is 0 Å². The van der Waals surface area contributed by atoms with E-state index in [0.29, 0.717) is 21.2 Å². The van der Waals surface area contributed by atoms with Gasteiger partial charge in [-0.05, 0) is 12.1 Å². The monoisotopic (exact) mass is 344 g/mol. The molecular formula is C14H11Cl3N2O2. The Hall–Kier alpha value is -1.75. The summed E-state index contributed by atoms with van der Waals surface area (Å²) in [5, 5.41) is 23.2. The molecule has 110 valence electrons. The van der Waals surface area contributed by atoms with E-state index in [9.17, 15) is 0 Å². The van der Waals surface area contributed by atoms with Gasteiger partial charge in [0, 0.05) is 16.1 Å². The molecule has 2 aromatic carbocycles. The van der Waals surface area contributed by atoms with Crippen molar-refractivity contribution in [3.05, 3.63) is 69.7 Å². The van der Waals surface area contributed by atoms with Crippen LogP contribution in [0.2, 0.25) is 10.0 Å². The second kappa shape index (κ2) is 9.23. The van der Waals surface area contributed by atoms with E-state index in [4.69, 9.17) is 45.2 Å². The van der Waals surface area contributed by atoms with Crippen molar-refractivity contribution in [2.45, 2.75) is 0 Å². The quantitative estimate of drug-likeness (QED) is 0.463. The third kappa shape index (κ3) is 5.63. The van der Waals surface area contributed by atoms with E-state index in [-0.39, 0.29) is 5.17 Å². The Balaban J connectivity index is 0.000000211. The number of benzene rings is 2. The van der Waals surface area contributed by atoms with E-state index < -0.39 is 0 Å². The summed E-state index contributed by atoms with van der Waals surface area (Å²) in [5.74, 6) is 0. The molecule has 7 heteroatoms. The van der Waals surface area contributed by atoms with Crippen LogP contribution in [0.15, 0.2) is 58.8 Å². The summed E-state index contributed by atoms with van der Waals surface area (Å²) in [6.45, 7) is 0. The van der Waals surface area contributed by atoms with Crippen LogP contribution < -0.4 is 0 Å². The van der Waals surface area contributed by atoms with Crippen molar-refractivity contribution in [3.8, 4) is 0 Å². The molecule has 0 saturated heterocycles. The Labute approximate surface area is 136 Å². The van der Waals surface area contributed by atoms with Crippen molar-refractivity contribution in [2.75, 3.05) is 0 Å². The molecule has 2 aromatic rings. The van der Waals surface area contributed by atoms with Crippen LogP contribution in [0.3, 0.4) is 0 Å². The zero-order valence-corrected chi connectivity index (χ0v) is 12.9. The Kier molecular flexibility index (Phi) is 7.61. The molecule has 0 unspecified atom stereocenters. The lowest BCUT2D eigenvalue weighted by molar-refractivity contribution is 0.321. The minimum absolute atomic E-state index is 0.00407. The van der Waals surface area contributed by atoms with Gasteiger partial charge in [0.15, 0.2) is 5.17 Å². The highest BCUT2D eigenvalue weighted by atomic mass is 35.5. The molecule has 21 heavy (non-hydrogen) atoms. The van der Waals surface area contributed by atoms with Gasteiger partial charge >= 0.3 is 0 Å². The standard InChI is InChI=1S/C7H5Cl2NO.C7H6ClNO/c8-6-4-2-1-3-5(6)7(9)10-11;8-7-4-2-1-3-6(7)5-9-10/h1-4,11H;1-5,10H/b10-7-;9-5+. The topological polar surface area (TPSA) is 65.2 Å². The Morgan fingerprint density at radius 2 is 1.48 bits per heavy atom. The lowest BCUT2D eigenvalue weighted by Gasteiger charge is -1.97. The summed E-state index contributed by atoms with van der Waals surface area (Å²) in [5.41, 5.74) is 1.24. The molecular weight excluding hydrogens is 335 g/mol. The largest absolute Gasteiger partial charge is 0.411 e. The highest BCUT2D eigenvalue weighted by Crippen LogP contribution is 2.17. The highest BCUT2D eigenvalue weighted by Gasteiger charge is 2.03. The molecule has 4 nitrogen and oxygen atoms in total. The lowest BCUT2D eigenvalue weighted by atomic mass is 10.2. The molecule has 0 radical (unpaired) electrons. The predicted molar refractivity (Wildman–Crippen MR) is 86.5 cm³/mol. The third-order valence-corrected chi connectivity index (χ3v) is 3.24. The second-order valence-electron chi connectivity index (χ2n) is 3.64. The molecule has 0 aromatic heterocycles. The van der Waals surface area contributed by atoms with E-state index in [1.807, 2.05) is 12.1 Å².